The lowest BCUT2D eigenvalue weighted by atomic mass is 10.1. The fourth-order valence-corrected chi connectivity index (χ4v) is 3.75. The molecule has 0 aliphatic carbocycles. The monoisotopic (exact) mass is 305 g/mol. The van der Waals surface area contributed by atoms with Gasteiger partial charge in [0.1, 0.15) is 22.7 Å². The number of nitrogens with one attached hydrogen (secondary N) is 2. The summed E-state index contributed by atoms with van der Waals surface area (Å²) < 4.78 is 0. The number of aryl methyl sites for hydroxylation is 1. The molecule has 0 aromatic carbocycles. The van der Waals surface area contributed by atoms with Crippen LogP contribution >= 0.6 is 11.3 Å². The number of rotatable bonds is 2. The summed E-state index contributed by atoms with van der Waals surface area (Å²) >= 11 is 1.54. The fraction of sp³-hybridized carbons (Fsp3) is 0.429. The molecule has 0 radical (unpaired) electrons. The number of carbonyl (C=O) groups excluding carboxylic acids is 1. The van der Waals surface area contributed by atoms with E-state index in [2.05, 4.69) is 4.99 Å². The zero-order valence-corrected chi connectivity index (χ0v) is 13.4. The number of hydrogen-bond donors (Lipinski definition) is 3. The average molecular weight is 305 g/mol. The van der Waals surface area contributed by atoms with Crippen LogP contribution in [0.5, 0.6) is 0 Å². The molecule has 0 bridgehead atoms. The molecule has 0 unspecified atom stereocenters. The molecule has 0 saturated heterocycles. The number of nitrogens with zero attached hydrogens (tertiary/aromatic N) is 2. The Morgan fingerprint density at radius 1 is 1.43 bits per heavy atom. The molecule has 1 aliphatic rings. The predicted octanol–water partition coefficient (Wildman–Crippen LogP) is 2.21. The molecular weight excluding hydrogens is 286 g/mol. The Balaban J connectivity index is 2.66. The molecule has 1 amide bonds. The number of anilines is 1. The number of hydrogen-bond acceptors (Lipinski definition) is 5. The highest BCUT2D eigenvalue weighted by molar-refractivity contribution is 7.17. The van der Waals surface area contributed by atoms with E-state index in [0.29, 0.717) is 0 Å². The smallest absolute Gasteiger partial charge is 0.220 e. The number of carbonyl (C=O) groups is 1. The first kappa shape index (κ1) is 15.4. The van der Waals surface area contributed by atoms with Crippen molar-refractivity contribution in [2.75, 3.05) is 4.90 Å². The second-order valence-corrected chi connectivity index (χ2v) is 6.37. The summed E-state index contributed by atoms with van der Waals surface area (Å²) in [6, 6.07) is -0.637. The predicted molar refractivity (Wildman–Crippen MR) is 87.2 cm³/mol. The van der Waals surface area contributed by atoms with E-state index in [1.807, 2.05) is 20.8 Å². The van der Waals surface area contributed by atoms with Crippen molar-refractivity contribution in [3.05, 3.63) is 16.0 Å². The third-order valence-electron chi connectivity index (χ3n) is 3.57. The molecule has 1 atom stereocenters. The standard InChI is InChI=1S/C14H19N5OS/c1-6-8(3)21-14-12(6)7(2)18-10(5-11(16)20)13(17)19(14)9(4)15/h10,15,17H,5H2,1-4H3,(H2,16,20)/t10-/m0/s1. The molecular formula is C14H19N5OS. The van der Waals surface area contributed by atoms with E-state index >= 15 is 0 Å². The third-order valence-corrected chi connectivity index (χ3v) is 4.76. The van der Waals surface area contributed by atoms with Gasteiger partial charge in [0, 0.05) is 16.2 Å². The van der Waals surface area contributed by atoms with Crippen molar-refractivity contribution in [2.45, 2.75) is 40.2 Å². The van der Waals surface area contributed by atoms with Gasteiger partial charge in [-0.3, -0.25) is 25.5 Å². The summed E-state index contributed by atoms with van der Waals surface area (Å²) in [4.78, 5) is 18.4. The van der Waals surface area contributed by atoms with Crippen molar-refractivity contribution < 1.29 is 4.79 Å². The van der Waals surface area contributed by atoms with Crippen molar-refractivity contribution in [2.24, 2.45) is 10.7 Å². The highest BCUT2D eigenvalue weighted by atomic mass is 32.1. The van der Waals surface area contributed by atoms with Gasteiger partial charge < -0.3 is 5.73 Å². The molecule has 0 fully saturated rings. The lowest BCUT2D eigenvalue weighted by Crippen LogP contribution is -2.41. The lowest BCUT2D eigenvalue weighted by Gasteiger charge is -2.24. The summed E-state index contributed by atoms with van der Waals surface area (Å²) in [6.45, 7) is 7.54. The molecule has 0 saturated carbocycles. The Morgan fingerprint density at radius 2 is 2.05 bits per heavy atom. The van der Waals surface area contributed by atoms with Crippen LogP contribution in [0.3, 0.4) is 0 Å². The van der Waals surface area contributed by atoms with Gasteiger partial charge in [-0.2, -0.15) is 0 Å². The van der Waals surface area contributed by atoms with Gasteiger partial charge in [0.05, 0.1) is 6.42 Å². The van der Waals surface area contributed by atoms with Crippen molar-refractivity contribution in [3.63, 3.8) is 0 Å². The second kappa shape index (κ2) is 5.40. The summed E-state index contributed by atoms with van der Waals surface area (Å²) in [5.74, 6) is -0.135. The van der Waals surface area contributed by atoms with Crippen LogP contribution in [0.1, 0.15) is 36.3 Å². The van der Waals surface area contributed by atoms with E-state index in [-0.39, 0.29) is 18.1 Å². The molecule has 2 rings (SSSR count). The van der Waals surface area contributed by atoms with E-state index in [1.165, 1.54) is 0 Å². The number of thiophene rings is 1. The summed E-state index contributed by atoms with van der Waals surface area (Å²) in [5.41, 5.74) is 8.11. The Labute approximate surface area is 127 Å². The number of amides is 1. The zero-order chi connectivity index (χ0) is 15.9. The minimum Gasteiger partial charge on any atom is -0.370 e. The molecule has 1 aromatic rings. The van der Waals surface area contributed by atoms with Crippen molar-refractivity contribution in [1.82, 2.24) is 0 Å². The highest BCUT2D eigenvalue weighted by Crippen LogP contribution is 2.38. The molecule has 6 nitrogen and oxygen atoms in total. The third kappa shape index (κ3) is 2.61. The molecule has 0 spiro atoms. The zero-order valence-electron chi connectivity index (χ0n) is 12.6. The van der Waals surface area contributed by atoms with Crippen LogP contribution in [-0.2, 0) is 4.79 Å². The van der Waals surface area contributed by atoms with Crippen LogP contribution in [0, 0.1) is 24.7 Å². The quantitative estimate of drug-likeness (QED) is 0.575. The van der Waals surface area contributed by atoms with Gasteiger partial charge in [0.2, 0.25) is 5.91 Å². The largest absolute Gasteiger partial charge is 0.370 e. The number of nitrogens with two attached hydrogens (primary N) is 1. The molecule has 1 aromatic heterocycles. The van der Waals surface area contributed by atoms with E-state index < -0.39 is 11.9 Å². The lowest BCUT2D eigenvalue weighted by molar-refractivity contribution is -0.118. The maximum Gasteiger partial charge on any atom is 0.220 e. The normalized spacial score (nSPS) is 18.1. The molecule has 4 N–H and O–H groups in total. The van der Waals surface area contributed by atoms with Crippen LogP contribution in [0.25, 0.3) is 0 Å². The molecule has 2 heterocycles. The Morgan fingerprint density at radius 3 is 2.57 bits per heavy atom. The van der Waals surface area contributed by atoms with Gasteiger partial charge in [-0.25, -0.2) is 0 Å². The first-order valence-corrected chi connectivity index (χ1v) is 7.42. The van der Waals surface area contributed by atoms with Crippen LogP contribution in [0.2, 0.25) is 0 Å². The topological polar surface area (TPSA) is 106 Å². The fourth-order valence-electron chi connectivity index (χ4n) is 2.48. The van der Waals surface area contributed by atoms with Crippen LogP contribution in [0.15, 0.2) is 4.99 Å². The number of amidine groups is 2. The number of aliphatic imine (C=N–C) groups is 1. The van der Waals surface area contributed by atoms with Gasteiger partial charge in [-0.05, 0) is 33.3 Å². The number of fused-ring (bicyclic) bond motifs is 1. The van der Waals surface area contributed by atoms with E-state index in [9.17, 15) is 4.79 Å². The Kier molecular flexibility index (Phi) is 3.95. The van der Waals surface area contributed by atoms with Gasteiger partial charge >= 0.3 is 0 Å². The molecule has 112 valence electrons. The first-order chi connectivity index (χ1) is 9.73. The van der Waals surface area contributed by atoms with E-state index in [4.69, 9.17) is 16.6 Å². The van der Waals surface area contributed by atoms with Crippen LogP contribution in [-0.4, -0.2) is 29.3 Å². The second-order valence-electron chi connectivity index (χ2n) is 5.17. The minimum atomic E-state index is -0.637. The first-order valence-electron chi connectivity index (χ1n) is 6.60. The highest BCUT2D eigenvalue weighted by Gasteiger charge is 2.32. The van der Waals surface area contributed by atoms with Crippen LogP contribution < -0.4 is 10.6 Å². The maximum atomic E-state index is 11.2. The van der Waals surface area contributed by atoms with E-state index in [1.54, 1.807) is 23.2 Å². The summed E-state index contributed by atoms with van der Waals surface area (Å²) in [6.07, 6.45) is -0.0209. The van der Waals surface area contributed by atoms with Crippen molar-refractivity contribution in [1.29, 1.82) is 10.8 Å². The number of primary amides is 1. The van der Waals surface area contributed by atoms with Gasteiger partial charge in [0.15, 0.2) is 0 Å². The molecule has 21 heavy (non-hydrogen) atoms. The van der Waals surface area contributed by atoms with Gasteiger partial charge in [-0.15, -0.1) is 11.3 Å². The molecule has 1 aliphatic heterocycles. The minimum absolute atomic E-state index is 0.0209. The Hall–Kier alpha value is -2.02. The van der Waals surface area contributed by atoms with Crippen molar-refractivity contribution in [3.8, 4) is 0 Å². The molecule has 7 heteroatoms. The Bertz CT molecular complexity index is 673. The summed E-state index contributed by atoms with van der Waals surface area (Å²) in [7, 11) is 0. The average Bonchev–Trinajstić information content (AvgIpc) is 2.58. The van der Waals surface area contributed by atoms with Gasteiger partial charge in [0.25, 0.3) is 0 Å². The van der Waals surface area contributed by atoms with E-state index in [0.717, 1.165) is 26.7 Å². The van der Waals surface area contributed by atoms with Gasteiger partial charge in [-0.1, -0.05) is 0 Å². The summed E-state index contributed by atoms with van der Waals surface area (Å²) in [5, 5.41) is 17.2. The maximum absolute atomic E-state index is 11.2. The van der Waals surface area contributed by atoms with Crippen molar-refractivity contribution >= 4 is 39.6 Å². The SMILES string of the molecule is CC(=N)N1C(=N)[C@H](CC(N)=O)N=C(C)c2c1sc(C)c2C. The van der Waals surface area contributed by atoms with Crippen LogP contribution in [0.4, 0.5) is 5.00 Å².